The predicted octanol–water partition coefficient (Wildman–Crippen LogP) is 3.46. The quantitative estimate of drug-likeness (QED) is 0.593. The smallest absolute Gasteiger partial charge is 0.308 e. The van der Waals surface area contributed by atoms with E-state index in [-0.39, 0.29) is 30.4 Å². The van der Waals surface area contributed by atoms with Crippen molar-refractivity contribution in [3.05, 3.63) is 28.8 Å². The van der Waals surface area contributed by atoms with Gasteiger partial charge in [0.15, 0.2) is 0 Å². The van der Waals surface area contributed by atoms with Crippen molar-refractivity contribution >= 4 is 46.1 Å². The fourth-order valence-corrected chi connectivity index (χ4v) is 3.04. The van der Waals surface area contributed by atoms with E-state index in [1.165, 1.54) is 0 Å². The number of rotatable bonds is 8. The van der Waals surface area contributed by atoms with E-state index in [1.807, 2.05) is 26.8 Å². The van der Waals surface area contributed by atoms with Gasteiger partial charge >= 0.3 is 11.9 Å². The van der Waals surface area contributed by atoms with Crippen LogP contribution in [-0.4, -0.2) is 37.0 Å². The first-order chi connectivity index (χ1) is 11.4. The SMILES string of the molecule is CC(C)(C)c1cc(CC(=S)CC(=O)O)cc(CC(=S)CC(=O)O)c1O. The van der Waals surface area contributed by atoms with Gasteiger partial charge in [0, 0.05) is 22.6 Å². The average molecular weight is 383 g/mol. The first-order valence-electron chi connectivity index (χ1n) is 7.72. The lowest BCUT2D eigenvalue weighted by Crippen LogP contribution is -2.15. The molecule has 0 aliphatic rings. The maximum absolute atomic E-state index is 10.8. The van der Waals surface area contributed by atoms with Crippen molar-refractivity contribution < 1.29 is 24.9 Å². The highest BCUT2D eigenvalue weighted by Crippen LogP contribution is 2.35. The second-order valence-corrected chi connectivity index (χ2v) is 8.13. The van der Waals surface area contributed by atoms with Gasteiger partial charge in [0.2, 0.25) is 0 Å². The van der Waals surface area contributed by atoms with Crippen LogP contribution in [0.1, 0.15) is 50.3 Å². The van der Waals surface area contributed by atoms with Crippen LogP contribution in [0.5, 0.6) is 5.75 Å². The van der Waals surface area contributed by atoms with Crippen LogP contribution in [0.4, 0.5) is 0 Å². The van der Waals surface area contributed by atoms with Crippen LogP contribution in [0, 0.1) is 0 Å². The minimum Gasteiger partial charge on any atom is -0.507 e. The fraction of sp³-hybridized carbons (Fsp3) is 0.444. The standard InChI is InChI=1S/C18H22O5S2/c1-18(2,3)14-6-10(5-12(24)8-15(19)20)4-11(17(14)23)7-13(25)9-16(21)22/h4,6,23H,5,7-9H2,1-3H3,(H,19,20)(H,21,22). The number of aromatic hydroxyl groups is 1. The maximum atomic E-state index is 10.8. The van der Waals surface area contributed by atoms with Gasteiger partial charge in [0.1, 0.15) is 5.75 Å². The third kappa shape index (κ3) is 6.88. The Kier molecular flexibility index (Phi) is 7.19. The normalized spacial score (nSPS) is 11.2. The minimum atomic E-state index is -1.01. The summed E-state index contributed by atoms with van der Waals surface area (Å²) in [5.74, 6) is -1.91. The molecule has 0 bridgehead atoms. The summed E-state index contributed by atoms with van der Waals surface area (Å²) in [5, 5.41) is 28.3. The number of phenols is 1. The molecule has 1 aromatic carbocycles. The van der Waals surface area contributed by atoms with E-state index in [9.17, 15) is 14.7 Å². The molecule has 0 saturated carbocycles. The highest BCUT2D eigenvalue weighted by atomic mass is 32.1. The lowest BCUT2D eigenvalue weighted by Gasteiger charge is -2.23. The van der Waals surface area contributed by atoms with Crippen LogP contribution >= 0.6 is 24.4 Å². The number of hydrogen-bond donors (Lipinski definition) is 3. The molecule has 0 unspecified atom stereocenters. The monoisotopic (exact) mass is 382 g/mol. The Labute approximate surface area is 157 Å². The van der Waals surface area contributed by atoms with Crippen molar-refractivity contribution in [3.63, 3.8) is 0 Å². The molecule has 0 saturated heterocycles. The van der Waals surface area contributed by atoms with Crippen molar-refractivity contribution in [1.82, 2.24) is 0 Å². The summed E-state index contributed by atoms with van der Waals surface area (Å²) in [6.07, 6.45) is 0.00879. The van der Waals surface area contributed by atoms with Gasteiger partial charge in [0.05, 0.1) is 12.8 Å². The van der Waals surface area contributed by atoms with Gasteiger partial charge in [0.25, 0.3) is 0 Å². The summed E-state index contributed by atoms with van der Waals surface area (Å²) in [7, 11) is 0. The second-order valence-electron chi connectivity index (χ2n) is 6.97. The van der Waals surface area contributed by atoms with Crippen molar-refractivity contribution in [3.8, 4) is 5.75 Å². The van der Waals surface area contributed by atoms with Crippen LogP contribution in [0.25, 0.3) is 0 Å². The van der Waals surface area contributed by atoms with Gasteiger partial charge in [-0.25, -0.2) is 0 Å². The van der Waals surface area contributed by atoms with Crippen molar-refractivity contribution in [1.29, 1.82) is 0 Å². The van der Waals surface area contributed by atoms with E-state index in [0.29, 0.717) is 27.3 Å². The number of carboxylic acids is 2. The van der Waals surface area contributed by atoms with E-state index >= 15 is 0 Å². The zero-order chi connectivity index (χ0) is 19.4. The van der Waals surface area contributed by atoms with Crippen LogP contribution < -0.4 is 0 Å². The third-order valence-corrected chi connectivity index (χ3v) is 4.12. The molecule has 7 heteroatoms. The topological polar surface area (TPSA) is 94.8 Å². The molecule has 0 spiro atoms. The molecule has 25 heavy (non-hydrogen) atoms. The largest absolute Gasteiger partial charge is 0.507 e. The Hall–Kier alpha value is -1.86. The van der Waals surface area contributed by atoms with E-state index in [4.69, 9.17) is 34.6 Å². The number of carbonyl (C=O) groups is 2. The molecule has 3 N–H and O–H groups in total. The molecule has 0 radical (unpaired) electrons. The zero-order valence-corrected chi connectivity index (χ0v) is 16.1. The third-order valence-electron chi connectivity index (χ3n) is 3.54. The summed E-state index contributed by atoms with van der Waals surface area (Å²) in [6.45, 7) is 5.84. The van der Waals surface area contributed by atoms with Crippen LogP contribution in [-0.2, 0) is 27.8 Å². The van der Waals surface area contributed by atoms with Crippen molar-refractivity contribution in [2.24, 2.45) is 0 Å². The molecular weight excluding hydrogens is 360 g/mol. The highest BCUT2D eigenvalue weighted by molar-refractivity contribution is 7.80. The van der Waals surface area contributed by atoms with Crippen molar-refractivity contribution in [2.75, 3.05) is 0 Å². The molecule has 0 amide bonds. The lowest BCUT2D eigenvalue weighted by atomic mass is 9.83. The molecule has 0 fully saturated rings. The first kappa shape index (κ1) is 21.2. The van der Waals surface area contributed by atoms with E-state index in [1.54, 1.807) is 6.07 Å². The van der Waals surface area contributed by atoms with Gasteiger partial charge in [-0.2, -0.15) is 0 Å². The van der Waals surface area contributed by atoms with Gasteiger partial charge in [-0.05, 0) is 22.1 Å². The Morgan fingerprint density at radius 3 is 1.88 bits per heavy atom. The van der Waals surface area contributed by atoms with Crippen LogP contribution in [0.15, 0.2) is 12.1 Å². The molecule has 0 aromatic heterocycles. The Morgan fingerprint density at radius 2 is 1.44 bits per heavy atom. The molecule has 1 rings (SSSR count). The highest BCUT2D eigenvalue weighted by Gasteiger charge is 2.22. The Morgan fingerprint density at radius 1 is 0.960 bits per heavy atom. The number of thiocarbonyl (C=S) groups is 2. The minimum absolute atomic E-state index is 0.0909. The lowest BCUT2D eigenvalue weighted by molar-refractivity contribution is -0.136. The average Bonchev–Trinajstić information content (AvgIpc) is 2.38. The number of phenolic OH excluding ortho intramolecular Hbond substituents is 1. The summed E-state index contributed by atoms with van der Waals surface area (Å²) in [4.78, 5) is 22.3. The number of carboxylic acid groups (broad SMARTS) is 2. The van der Waals surface area contributed by atoms with Crippen LogP contribution in [0.2, 0.25) is 0 Å². The molecular formula is C18H22O5S2. The molecule has 136 valence electrons. The van der Waals surface area contributed by atoms with E-state index < -0.39 is 11.9 Å². The molecule has 0 atom stereocenters. The first-order valence-corrected chi connectivity index (χ1v) is 8.54. The maximum Gasteiger partial charge on any atom is 0.308 e. The summed E-state index contributed by atoms with van der Waals surface area (Å²) >= 11 is 10.2. The summed E-state index contributed by atoms with van der Waals surface area (Å²) < 4.78 is 0. The Bertz CT molecular complexity index is 717. The van der Waals surface area contributed by atoms with Gasteiger partial charge in [-0.3, -0.25) is 9.59 Å². The van der Waals surface area contributed by atoms with E-state index in [0.717, 1.165) is 5.56 Å². The zero-order valence-electron chi connectivity index (χ0n) is 14.5. The second kappa shape index (κ2) is 8.49. The Balaban J connectivity index is 3.24. The number of hydrogen-bond acceptors (Lipinski definition) is 5. The molecule has 1 aromatic rings. The summed E-state index contributed by atoms with van der Waals surface area (Å²) in [5.41, 5.74) is 1.66. The molecule has 0 heterocycles. The van der Waals surface area contributed by atoms with Gasteiger partial charge < -0.3 is 15.3 Å². The van der Waals surface area contributed by atoms with Gasteiger partial charge in [-0.1, -0.05) is 57.3 Å². The van der Waals surface area contributed by atoms with Crippen molar-refractivity contribution in [2.45, 2.75) is 51.9 Å². The fourth-order valence-electron chi connectivity index (χ4n) is 2.47. The number of aliphatic carboxylic acids is 2. The summed E-state index contributed by atoms with van der Waals surface area (Å²) in [6, 6.07) is 3.53. The predicted molar refractivity (Wildman–Crippen MR) is 104 cm³/mol. The molecule has 0 aliphatic heterocycles. The van der Waals surface area contributed by atoms with Gasteiger partial charge in [-0.15, -0.1) is 0 Å². The molecule has 0 aliphatic carbocycles. The van der Waals surface area contributed by atoms with Crippen LogP contribution in [0.3, 0.4) is 0 Å². The molecule has 5 nitrogen and oxygen atoms in total. The van der Waals surface area contributed by atoms with E-state index in [2.05, 4.69) is 0 Å². The number of benzene rings is 1.